The Morgan fingerprint density at radius 1 is 0.632 bits per heavy atom. The fourth-order valence-corrected chi connectivity index (χ4v) is 4.75. The molecule has 38 heavy (non-hydrogen) atoms. The molecule has 180 valence electrons. The maximum absolute atomic E-state index is 10.4. The van der Waals surface area contributed by atoms with Gasteiger partial charge in [0.05, 0.1) is 27.9 Å². The maximum atomic E-state index is 10.4. The van der Waals surface area contributed by atoms with E-state index in [2.05, 4.69) is 27.3 Å². The molecule has 6 nitrogen and oxygen atoms in total. The number of imidazole rings is 1. The van der Waals surface area contributed by atoms with Gasteiger partial charge in [-0.25, -0.2) is 9.97 Å². The second kappa shape index (κ2) is 8.94. The molecule has 0 fully saturated rings. The van der Waals surface area contributed by atoms with E-state index in [1.165, 1.54) is 0 Å². The first-order chi connectivity index (χ1) is 18.7. The summed E-state index contributed by atoms with van der Waals surface area (Å²) < 4.78 is 0. The second-order valence-corrected chi connectivity index (χ2v) is 9.08. The maximum Gasteiger partial charge on any atom is 0.143 e. The number of phenolic OH excluding ortho intramolecular Hbond substituents is 1. The van der Waals surface area contributed by atoms with E-state index >= 15 is 0 Å². The molecule has 0 bridgehead atoms. The Morgan fingerprint density at radius 2 is 1.37 bits per heavy atom. The van der Waals surface area contributed by atoms with Crippen LogP contribution >= 0.6 is 0 Å². The van der Waals surface area contributed by atoms with Crippen molar-refractivity contribution in [2.45, 2.75) is 0 Å². The van der Waals surface area contributed by atoms with Crippen LogP contribution in [0.25, 0.3) is 55.4 Å². The highest BCUT2D eigenvalue weighted by molar-refractivity contribution is 5.97. The van der Waals surface area contributed by atoms with Crippen molar-refractivity contribution in [1.29, 1.82) is 0 Å². The minimum Gasteiger partial charge on any atom is -0.506 e. The molecule has 6 heteroatoms. The largest absolute Gasteiger partial charge is 0.506 e. The zero-order valence-corrected chi connectivity index (χ0v) is 20.2. The van der Waals surface area contributed by atoms with Gasteiger partial charge in [-0.15, -0.1) is 5.11 Å². The van der Waals surface area contributed by atoms with Crippen LogP contribution in [-0.4, -0.2) is 20.1 Å². The SMILES string of the molecule is Oc1ccc2ccccc2c1N=Nc1ccc(-c2cc(-c3nc4ccccc4[nH]3)c3ccccc3n2)cc1. The summed E-state index contributed by atoms with van der Waals surface area (Å²) >= 11 is 0. The Balaban J connectivity index is 1.26. The van der Waals surface area contributed by atoms with Gasteiger partial charge in [0.15, 0.2) is 0 Å². The molecule has 7 rings (SSSR count). The molecule has 0 aliphatic carbocycles. The zero-order chi connectivity index (χ0) is 25.5. The molecular weight excluding hydrogens is 470 g/mol. The van der Waals surface area contributed by atoms with Crippen molar-refractivity contribution in [2.75, 3.05) is 0 Å². The monoisotopic (exact) mass is 491 g/mol. The van der Waals surface area contributed by atoms with Gasteiger partial charge in [0.2, 0.25) is 0 Å². The van der Waals surface area contributed by atoms with Crippen LogP contribution in [0.3, 0.4) is 0 Å². The van der Waals surface area contributed by atoms with Gasteiger partial charge in [0.1, 0.15) is 17.3 Å². The molecule has 0 aliphatic rings. The number of aromatic hydroxyl groups is 1. The van der Waals surface area contributed by atoms with Crippen LogP contribution in [0.5, 0.6) is 5.75 Å². The molecular formula is C32H21N5O. The van der Waals surface area contributed by atoms with Crippen LogP contribution in [-0.2, 0) is 0 Å². The van der Waals surface area contributed by atoms with Crippen molar-refractivity contribution in [2.24, 2.45) is 10.2 Å². The van der Waals surface area contributed by atoms with Crippen LogP contribution in [0.1, 0.15) is 0 Å². The third-order valence-corrected chi connectivity index (χ3v) is 6.67. The van der Waals surface area contributed by atoms with E-state index in [9.17, 15) is 5.11 Å². The molecule has 0 radical (unpaired) electrons. The molecule has 0 amide bonds. The minimum atomic E-state index is 0.0996. The summed E-state index contributed by atoms with van der Waals surface area (Å²) in [7, 11) is 0. The van der Waals surface area contributed by atoms with E-state index in [0.29, 0.717) is 11.4 Å². The van der Waals surface area contributed by atoms with Gasteiger partial charge in [0.25, 0.3) is 0 Å². The molecule has 7 aromatic rings. The molecule has 2 aromatic heterocycles. The highest BCUT2D eigenvalue weighted by atomic mass is 16.3. The minimum absolute atomic E-state index is 0.0996. The van der Waals surface area contributed by atoms with Crippen molar-refractivity contribution in [3.05, 3.63) is 115 Å². The number of aromatic nitrogens is 3. The number of fused-ring (bicyclic) bond motifs is 3. The van der Waals surface area contributed by atoms with Gasteiger partial charge in [-0.05, 0) is 47.9 Å². The number of nitrogens with zero attached hydrogens (tertiary/aromatic N) is 4. The number of H-pyrrole nitrogens is 1. The normalized spacial score (nSPS) is 11.7. The lowest BCUT2D eigenvalue weighted by Crippen LogP contribution is -1.91. The van der Waals surface area contributed by atoms with E-state index in [1.807, 2.05) is 97.1 Å². The van der Waals surface area contributed by atoms with Crippen molar-refractivity contribution in [1.82, 2.24) is 15.0 Å². The summed E-state index contributed by atoms with van der Waals surface area (Å²) in [5, 5.41) is 22.0. The zero-order valence-electron chi connectivity index (χ0n) is 20.2. The van der Waals surface area contributed by atoms with Gasteiger partial charge in [0, 0.05) is 21.9 Å². The first-order valence-corrected chi connectivity index (χ1v) is 12.3. The number of phenols is 1. The number of rotatable bonds is 4. The lowest BCUT2D eigenvalue weighted by atomic mass is 10.0. The molecule has 0 atom stereocenters. The highest BCUT2D eigenvalue weighted by Gasteiger charge is 2.13. The average Bonchev–Trinajstić information content (AvgIpc) is 3.41. The van der Waals surface area contributed by atoms with Crippen molar-refractivity contribution in [3.63, 3.8) is 0 Å². The number of pyridine rings is 1. The lowest BCUT2D eigenvalue weighted by Gasteiger charge is -2.09. The standard InChI is InChI=1S/C32H21N5O/c38-30-18-15-20-7-1-2-8-23(20)31(30)37-36-22-16-13-21(14-17-22)29-19-25(24-9-3-4-10-26(24)33-29)32-34-27-11-5-6-12-28(27)35-32/h1-19,38H,(H,34,35). The summed E-state index contributed by atoms with van der Waals surface area (Å²) in [6, 6.07) is 37.3. The molecule has 0 spiro atoms. The van der Waals surface area contributed by atoms with Gasteiger partial charge in [-0.1, -0.05) is 72.8 Å². The molecule has 5 aromatic carbocycles. The summed E-state index contributed by atoms with van der Waals surface area (Å²) in [6.07, 6.45) is 0. The Hall–Kier alpha value is -5.36. The van der Waals surface area contributed by atoms with Gasteiger partial charge >= 0.3 is 0 Å². The Kier molecular flexibility index (Phi) is 5.15. The number of benzene rings is 5. The summed E-state index contributed by atoms with van der Waals surface area (Å²) in [5.74, 6) is 0.911. The van der Waals surface area contributed by atoms with E-state index in [0.717, 1.165) is 55.4 Å². The fourth-order valence-electron chi connectivity index (χ4n) is 4.75. The number of hydrogen-bond acceptors (Lipinski definition) is 5. The number of para-hydroxylation sites is 3. The number of nitrogens with one attached hydrogen (secondary N) is 1. The lowest BCUT2D eigenvalue weighted by molar-refractivity contribution is 0.477. The second-order valence-electron chi connectivity index (χ2n) is 9.08. The predicted octanol–water partition coefficient (Wildman–Crippen LogP) is 8.72. The first-order valence-electron chi connectivity index (χ1n) is 12.3. The number of aromatic amines is 1. The highest BCUT2D eigenvalue weighted by Crippen LogP contribution is 2.36. The molecule has 2 N–H and O–H groups in total. The molecule has 2 heterocycles. The summed E-state index contributed by atoms with van der Waals surface area (Å²) in [5.41, 5.74) is 6.76. The third-order valence-electron chi connectivity index (χ3n) is 6.67. The van der Waals surface area contributed by atoms with Crippen LogP contribution in [0.2, 0.25) is 0 Å². The molecule has 0 unspecified atom stereocenters. The van der Waals surface area contributed by atoms with Crippen molar-refractivity contribution in [3.8, 4) is 28.4 Å². The van der Waals surface area contributed by atoms with E-state index < -0.39 is 0 Å². The fraction of sp³-hybridized carbons (Fsp3) is 0. The van der Waals surface area contributed by atoms with Crippen LogP contribution < -0.4 is 0 Å². The molecule has 0 saturated heterocycles. The summed E-state index contributed by atoms with van der Waals surface area (Å²) in [6.45, 7) is 0. The predicted molar refractivity (Wildman–Crippen MR) is 152 cm³/mol. The van der Waals surface area contributed by atoms with Crippen LogP contribution in [0.4, 0.5) is 11.4 Å². The Bertz CT molecular complexity index is 1960. The Morgan fingerprint density at radius 3 is 2.21 bits per heavy atom. The van der Waals surface area contributed by atoms with E-state index in [4.69, 9.17) is 9.97 Å². The van der Waals surface area contributed by atoms with Crippen molar-refractivity contribution >= 4 is 44.1 Å². The molecule has 0 saturated carbocycles. The quantitative estimate of drug-likeness (QED) is 0.241. The van der Waals surface area contributed by atoms with Crippen molar-refractivity contribution < 1.29 is 5.11 Å². The van der Waals surface area contributed by atoms with E-state index in [1.54, 1.807) is 6.07 Å². The Labute approximate surface area is 218 Å². The average molecular weight is 492 g/mol. The van der Waals surface area contributed by atoms with Crippen LogP contribution in [0.15, 0.2) is 125 Å². The summed E-state index contributed by atoms with van der Waals surface area (Å²) in [4.78, 5) is 13.2. The van der Waals surface area contributed by atoms with Gasteiger partial charge in [-0.2, -0.15) is 5.11 Å². The number of azo groups is 1. The topological polar surface area (TPSA) is 86.5 Å². The smallest absolute Gasteiger partial charge is 0.143 e. The number of hydrogen-bond donors (Lipinski definition) is 2. The first kappa shape index (κ1) is 21.9. The van der Waals surface area contributed by atoms with E-state index in [-0.39, 0.29) is 5.75 Å². The van der Waals surface area contributed by atoms with Gasteiger partial charge in [-0.3, -0.25) is 0 Å². The molecule has 0 aliphatic heterocycles. The van der Waals surface area contributed by atoms with Gasteiger partial charge < -0.3 is 10.1 Å². The van der Waals surface area contributed by atoms with Crippen LogP contribution in [0, 0.1) is 0 Å². The third kappa shape index (κ3) is 3.85.